The van der Waals surface area contributed by atoms with E-state index in [1.807, 2.05) is 54.6 Å². The lowest BCUT2D eigenvalue weighted by molar-refractivity contribution is -0.122. The van der Waals surface area contributed by atoms with Crippen LogP contribution in [0.4, 0.5) is 11.6 Å². The van der Waals surface area contributed by atoms with Gasteiger partial charge in [-0.1, -0.05) is 30.3 Å². The second-order valence-corrected chi connectivity index (χ2v) is 6.64. The molecule has 1 N–H and O–H groups in total. The van der Waals surface area contributed by atoms with E-state index >= 15 is 0 Å². The number of carbonyl (C=O) groups excluding carboxylic acids is 1. The molecule has 6 heteroatoms. The lowest BCUT2D eigenvalue weighted by Gasteiger charge is -2.21. The fourth-order valence-electron chi connectivity index (χ4n) is 3.20. The van der Waals surface area contributed by atoms with Gasteiger partial charge < -0.3 is 15.0 Å². The minimum absolute atomic E-state index is 0.246. The van der Waals surface area contributed by atoms with Crippen molar-refractivity contribution in [2.24, 2.45) is 0 Å². The smallest absolute Gasteiger partial charge is 0.266 e. The Kier molecular flexibility index (Phi) is 4.87. The Balaban J connectivity index is 1.59. The minimum atomic E-state index is -0.646. The SMILES string of the molecule is C[C@H](Oc1ccccc1)C(=O)Nc1nc2ccccc2nc1N1CCCC1. The number of para-hydroxylation sites is 3. The summed E-state index contributed by atoms with van der Waals surface area (Å²) in [6, 6.07) is 17.0. The number of rotatable bonds is 5. The van der Waals surface area contributed by atoms with Crippen molar-refractivity contribution in [3.8, 4) is 5.75 Å². The summed E-state index contributed by atoms with van der Waals surface area (Å²) < 4.78 is 5.73. The fourth-order valence-corrected chi connectivity index (χ4v) is 3.20. The van der Waals surface area contributed by atoms with Gasteiger partial charge in [0.05, 0.1) is 11.0 Å². The number of aromatic nitrogens is 2. The van der Waals surface area contributed by atoms with Gasteiger partial charge in [0.25, 0.3) is 5.91 Å². The average Bonchev–Trinajstić information content (AvgIpc) is 3.23. The fraction of sp³-hybridized carbons (Fsp3) is 0.286. The summed E-state index contributed by atoms with van der Waals surface area (Å²) in [4.78, 5) is 24.3. The zero-order chi connectivity index (χ0) is 18.6. The van der Waals surface area contributed by atoms with E-state index in [1.165, 1.54) is 0 Å². The molecule has 0 spiro atoms. The van der Waals surface area contributed by atoms with Crippen LogP contribution in [0, 0.1) is 0 Å². The highest BCUT2D eigenvalue weighted by molar-refractivity contribution is 5.96. The third-order valence-electron chi connectivity index (χ3n) is 4.62. The molecule has 1 atom stereocenters. The highest BCUT2D eigenvalue weighted by Gasteiger charge is 2.23. The van der Waals surface area contributed by atoms with Gasteiger partial charge in [0.15, 0.2) is 17.7 Å². The first-order valence-electron chi connectivity index (χ1n) is 9.25. The number of hydrogen-bond acceptors (Lipinski definition) is 5. The summed E-state index contributed by atoms with van der Waals surface area (Å²) in [5.41, 5.74) is 1.58. The molecule has 6 nitrogen and oxygen atoms in total. The molecular formula is C21H22N4O2. The van der Waals surface area contributed by atoms with Gasteiger partial charge in [-0.2, -0.15) is 0 Å². The molecule has 0 radical (unpaired) electrons. The van der Waals surface area contributed by atoms with Crippen LogP contribution >= 0.6 is 0 Å². The molecular weight excluding hydrogens is 340 g/mol. The predicted molar refractivity (Wildman–Crippen MR) is 106 cm³/mol. The first-order chi connectivity index (χ1) is 13.2. The van der Waals surface area contributed by atoms with Gasteiger partial charge >= 0.3 is 0 Å². The third kappa shape index (κ3) is 3.84. The first kappa shape index (κ1) is 17.3. The molecule has 0 saturated carbocycles. The van der Waals surface area contributed by atoms with Crippen molar-refractivity contribution in [2.45, 2.75) is 25.9 Å². The number of nitrogens with one attached hydrogen (secondary N) is 1. The normalized spacial score (nSPS) is 14.9. The van der Waals surface area contributed by atoms with Crippen LogP contribution in [0.15, 0.2) is 54.6 Å². The number of benzene rings is 2. The Bertz CT molecular complexity index is 939. The summed E-state index contributed by atoms with van der Waals surface area (Å²) in [5.74, 6) is 1.63. The van der Waals surface area contributed by atoms with E-state index < -0.39 is 6.10 Å². The molecule has 1 saturated heterocycles. The van der Waals surface area contributed by atoms with E-state index in [1.54, 1.807) is 6.92 Å². The number of amides is 1. The number of hydrogen-bond donors (Lipinski definition) is 1. The van der Waals surface area contributed by atoms with Gasteiger partial charge in [-0.05, 0) is 44.0 Å². The molecule has 2 aromatic carbocycles. The molecule has 4 rings (SSSR count). The Morgan fingerprint density at radius 2 is 1.63 bits per heavy atom. The van der Waals surface area contributed by atoms with Crippen LogP contribution in [0.25, 0.3) is 11.0 Å². The number of nitrogens with zero attached hydrogens (tertiary/aromatic N) is 3. The summed E-state index contributed by atoms with van der Waals surface area (Å²) in [6.07, 6.45) is 1.59. The average molecular weight is 362 g/mol. The van der Waals surface area contributed by atoms with E-state index in [2.05, 4.69) is 15.2 Å². The van der Waals surface area contributed by atoms with E-state index in [4.69, 9.17) is 9.72 Å². The highest BCUT2D eigenvalue weighted by atomic mass is 16.5. The van der Waals surface area contributed by atoms with E-state index in [9.17, 15) is 4.79 Å². The zero-order valence-electron chi connectivity index (χ0n) is 15.3. The maximum atomic E-state index is 12.7. The molecule has 0 bridgehead atoms. The molecule has 0 aliphatic carbocycles. The van der Waals surface area contributed by atoms with Crippen LogP contribution < -0.4 is 15.0 Å². The van der Waals surface area contributed by atoms with Gasteiger partial charge in [0.2, 0.25) is 0 Å². The maximum absolute atomic E-state index is 12.7. The van der Waals surface area contributed by atoms with Crippen molar-refractivity contribution in [2.75, 3.05) is 23.3 Å². The number of fused-ring (bicyclic) bond motifs is 1. The largest absolute Gasteiger partial charge is 0.481 e. The Hall–Kier alpha value is -3.15. The van der Waals surface area contributed by atoms with Crippen molar-refractivity contribution in [1.29, 1.82) is 0 Å². The molecule has 1 aliphatic heterocycles. The molecule has 138 valence electrons. The van der Waals surface area contributed by atoms with Crippen LogP contribution in [0.5, 0.6) is 5.75 Å². The number of ether oxygens (including phenoxy) is 1. The second-order valence-electron chi connectivity index (χ2n) is 6.64. The Labute approximate surface area is 158 Å². The van der Waals surface area contributed by atoms with Crippen molar-refractivity contribution < 1.29 is 9.53 Å². The lowest BCUT2D eigenvalue weighted by atomic mass is 10.3. The van der Waals surface area contributed by atoms with Crippen LogP contribution in [-0.4, -0.2) is 35.1 Å². The van der Waals surface area contributed by atoms with Crippen molar-refractivity contribution >= 4 is 28.6 Å². The molecule has 3 aromatic rings. The zero-order valence-corrected chi connectivity index (χ0v) is 15.3. The molecule has 1 fully saturated rings. The van der Waals surface area contributed by atoms with Crippen molar-refractivity contribution in [1.82, 2.24) is 9.97 Å². The number of carbonyl (C=O) groups is 1. The molecule has 1 aromatic heterocycles. The maximum Gasteiger partial charge on any atom is 0.266 e. The molecule has 0 unspecified atom stereocenters. The summed E-state index contributed by atoms with van der Waals surface area (Å²) in [7, 11) is 0. The van der Waals surface area contributed by atoms with Crippen molar-refractivity contribution in [3.05, 3.63) is 54.6 Å². The molecule has 1 amide bonds. The van der Waals surface area contributed by atoms with E-state index in [-0.39, 0.29) is 5.91 Å². The standard InChI is InChI=1S/C21H22N4O2/c1-15(27-16-9-3-2-4-10-16)21(26)24-19-20(25-13-7-8-14-25)23-18-12-6-5-11-17(18)22-19/h2-6,9-12,15H,7-8,13-14H2,1H3,(H,22,24,26)/t15-/m0/s1. The summed E-state index contributed by atoms with van der Waals surface area (Å²) in [6.45, 7) is 3.57. The molecule has 2 heterocycles. The molecule has 1 aliphatic rings. The Morgan fingerprint density at radius 3 is 2.33 bits per heavy atom. The Morgan fingerprint density at radius 1 is 1.00 bits per heavy atom. The number of anilines is 2. The third-order valence-corrected chi connectivity index (χ3v) is 4.62. The summed E-state index contributed by atoms with van der Waals surface area (Å²) >= 11 is 0. The quantitative estimate of drug-likeness (QED) is 0.751. The van der Waals surface area contributed by atoms with Gasteiger partial charge in [0.1, 0.15) is 5.75 Å². The van der Waals surface area contributed by atoms with E-state index in [0.29, 0.717) is 11.6 Å². The lowest BCUT2D eigenvalue weighted by Crippen LogP contribution is -2.32. The van der Waals surface area contributed by atoms with Gasteiger partial charge in [-0.15, -0.1) is 0 Å². The van der Waals surface area contributed by atoms with Gasteiger partial charge in [-0.25, -0.2) is 9.97 Å². The van der Waals surface area contributed by atoms with Crippen LogP contribution in [0.3, 0.4) is 0 Å². The van der Waals surface area contributed by atoms with Gasteiger partial charge in [-0.3, -0.25) is 4.79 Å². The topological polar surface area (TPSA) is 67.3 Å². The van der Waals surface area contributed by atoms with Crippen LogP contribution in [0.1, 0.15) is 19.8 Å². The predicted octanol–water partition coefficient (Wildman–Crippen LogP) is 3.64. The monoisotopic (exact) mass is 362 g/mol. The van der Waals surface area contributed by atoms with Crippen molar-refractivity contribution in [3.63, 3.8) is 0 Å². The van der Waals surface area contributed by atoms with Crippen LogP contribution in [-0.2, 0) is 4.79 Å². The first-order valence-corrected chi connectivity index (χ1v) is 9.25. The second kappa shape index (κ2) is 7.61. The minimum Gasteiger partial charge on any atom is -0.481 e. The molecule has 27 heavy (non-hydrogen) atoms. The highest BCUT2D eigenvalue weighted by Crippen LogP contribution is 2.28. The summed E-state index contributed by atoms with van der Waals surface area (Å²) in [5, 5.41) is 2.92. The van der Waals surface area contributed by atoms with E-state index in [0.717, 1.165) is 42.8 Å². The van der Waals surface area contributed by atoms with Gasteiger partial charge in [0, 0.05) is 13.1 Å². The van der Waals surface area contributed by atoms with Crippen LogP contribution in [0.2, 0.25) is 0 Å².